The number of carbonyl (C=O) groups excluding carboxylic acids is 2. The van der Waals surface area contributed by atoms with Gasteiger partial charge in [0.1, 0.15) is 0 Å². The van der Waals surface area contributed by atoms with Crippen LogP contribution in [0.1, 0.15) is 27.3 Å². The van der Waals surface area contributed by atoms with E-state index in [9.17, 15) is 9.59 Å². The molecule has 0 aliphatic heterocycles. The Kier molecular flexibility index (Phi) is 7.18. The average Bonchev–Trinajstić information content (AvgIpc) is 2.91. The number of Topliss-reactive ketones (excluding diaryl/α,β-unsaturated/α-hetero) is 1. The third-order valence-electron chi connectivity index (χ3n) is 4.04. The molecule has 1 aromatic heterocycles. The molecule has 26 heavy (non-hydrogen) atoms. The van der Waals surface area contributed by atoms with Crippen molar-refractivity contribution in [3.63, 3.8) is 0 Å². The van der Waals surface area contributed by atoms with Gasteiger partial charge in [0.2, 0.25) is 5.78 Å². The van der Waals surface area contributed by atoms with Crippen LogP contribution in [0.15, 0.2) is 36.4 Å². The van der Waals surface area contributed by atoms with Crippen molar-refractivity contribution in [2.24, 2.45) is 0 Å². The molecule has 0 N–H and O–H groups in total. The van der Waals surface area contributed by atoms with Gasteiger partial charge in [-0.1, -0.05) is 29.8 Å². The number of halogens is 1. The minimum absolute atomic E-state index is 0.235. The summed E-state index contributed by atoms with van der Waals surface area (Å²) in [7, 11) is 1.63. The molecular weight excluding hydrogens is 354 g/mol. The third kappa shape index (κ3) is 5.07. The van der Waals surface area contributed by atoms with Crippen molar-refractivity contribution in [3.8, 4) is 0 Å². The molecule has 0 saturated carbocycles. The molecule has 0 unspecified atom stereocenters. The first-order valence-corrected chi connectivity index (χ1v) is 8.60. The van der Waals surface area contributed by atoms with Crippen LogP contribution in [0.4, 0.5) is 0 Å². The van der Waals surface area contributed by atoms with Crippen molar-refractivity contribution in [2.75, 3.05) is 20.3 Å². The quantitative estimate of drug-likeness (QED) is 0.399. The van der Waals surface area contributed by atoms with E-state index in [1.165, 1.54) is 6.08 Å². The van der Waals surface area contributed by atoms with Crippen LogP contribution in [0.5, 0.6) is 0 Å². The Hall–Kier alpha value is -2.37. The van der Waals surface area contributed by atoms with Crippen LogP contribution >= 0.6 is 11.6 Å². The van der Waals surface area contributed by atoms with Crippen molar-refractivity contribution in [1.82, 2.24) is 4.57 Å². The van der Waals surface area contributed by atoms with Crippen LogP contribution in [0, 0.1) is 13.8 Å². The van der Waals surface area contributed by atoms with E-state index in [1.54, 1.807) is 37.5 Å². The fourth-order valence-electron chi connectivity index (χ4n) is 2.64. The van der Waals surface area contributed by atoms with Gasteiger partial charge in [0.15, 0.2) is 6.61 Å². The van der Waals surface area contributed by atoms with Gasteiger partial charge in [-0.15, -0.1) is 0 Å². The molecule has 2 aromatic rings. The molecule has 0 amide bonds. The van der Waals surface area contributed by atoms with Gasteiger partial charge in [0.05, 0.1) is 6.61 Å². The normalized spacial score (nSPS) is 11.1. The van der Waals surface area contributed by atoms with Gasteiger partial charge in [0.25, 0.3) is 0 Å². The van der Waals surface area contributed by atoms with E-state index in [0.717, 1.165) is 11.4 Å². The number of aromatic nitrogens is 1. The number of ether oxygens (including phenoxy) is 2. The molecule has 6 heteroatoms. The number of hydrogen-bond acceptors (Lipinski definition) is 4. The number of aryl methyl sites for hydroxylation is 1. The lowest BCUT2D eigenvalue weighted by Gasteiger charge is -2.08. The zero-order chi connectivity index (χ0) is 19.1. The van der Waals surface area contributed by atoms with Gasteiger partial charge in [-0.25, -0.2) is 4.79 Å². The topological polar surface area (TPSA) is 57.5 Å². The fourth-order valence-corrected chi connectivity index (χ4v) is 2.84. The third-order valence-corrected chi connectivity index (χ3v) is 4.39. The molecule has 0 atom stereocenters. The number of rotatable bonds is 8. The highest BCUT2D eigenvalue weighted by Gasteiger charge is 2.16. The molecule has 5 nitrogen and oxygen atoms in total. The second kappa shape index (κ2) is 9.36. The number of hydrogen-bond donors (Lipinski definition) is 0. The van der Waals surface area contributed by atoms with E-state index >= 15 is 0 Å². The first-order valence-electron chi connectivity index (χ1n) is 8.22. The molecule has 0 spiro atoms. The number of esters is 1. The van der Waals surface area contributed by atoms with Crippen LogP contribution in [-0.4, -0.2) is 36.6 Å². The number of ketones is 1. The Labute approximate surface area is 158 Å². The van der Waals surface area contributed by atoms with Gasteiger partial charge in [-0.2, -0.15) is 0 Å². The smallest absolute Gasteiger partial charge is 0.331 e. The fraction of sp³-hybridized carbons (Fsp3) is 0.300. The van der Waals surface area contributed by atoms with Gasteiger partial charge in [-0.3, -0.25) is 4.79 Å². The summed E-state index contributed by atoms with van der Waals surface area (Å²) < 4.78 is 12.1. The largest absolute Gasteiger partial charge is 0.454 e. The lowest BCUT2D eigenvalue weighted by atomic mass is 10.1. The zero-order valence-corrected chi connectivity index (χ0v) is 15.9. The maximum Gasteiger partial charge on any atom is 0.331 e. The maximum absolute atomic E-state index is 12.4. The Balaban J connectivity index is 1.96. The lowest BCUT2D eigenvalue weighted by molar-refractivity contribution is -0.136. The molecule has 0 saturated heterocycles. The molecule has 0 aliphatic rings. The van der Waals surface area contributed by atoms with Crippen molar-refractivity contribution in [2.45, 2.75) is 20.4 Å². The number of nitrogens with zero attached hydrogens (tertiary/aromatic N) is 1. The van der Waals surface area contributed by atoms with Gasteiger partial charge < -0.3 is 14.0 Å². The van der Waals surface area contributed by atoms with Crippen molar-refractivity contribution < 1.29 is 19.1 Å². The van der Waals surface area contributed by atoms with Gasteiger partial charge in [0, 0.05) is 41.7 Å². The van der Waals surface area contributed by atoms with Crippen molar-refractivity contribution in [1.29, 1.82) is 0 Å². The highest BCUT2D eigenvalue weighted by molar-refractivity contribution is 6.32. The van der Waals surface area contributed by atoms with E-state index in [-0.39, 0.29) is 12.4 Å². The van der Waals surface area contributed by atoms with Crippen LogP contribution in [0.2, 0.25) is 5.02 Å². The van der Waals surface area contributed by atoms with Crippen LogP contribution in [-0.2, 0) is 20.8 Å². The summed E-state index contributed by atoms with van der Waals surface area (Å²) in [5, 5.41) is 0.538. The number of methoxy groups -OCH3 is 1. The van der Waals surface area contributed by atoms with Crippen molar-refractivity contribution >= 4 is 29.4 Å². The molecule has 1 aromatic carbocycles. The maximum atomic E-state index is 12.4. The SMILES string of the molecule is COCCn1c(C)cc(C(=O)COC(=O)/C=C/c2ccccc2Cl)c1C. The monoisotopic (exact) mass is 375 g/mol. The second-order valence-electron chi connectivity index (χ2n) is 5.81. The first-order chi connectivity index (χ1) is 12.4. The second-order valence-corrected chi connectivity index (χ2v) is 6.22. The van der Waals surface area contributed by atoms with E-state index in [4.69, 9.17) is 21.1 Å². The van der Waals surface area contributed by atoms with E-state index in [2.05, 4.69) is 0 Å². The summed E-state index contributed by atoms with van der Waals surface area (Å²) in [6.07, 6.45) is 2.82. The Bertz CT molecular complexity index is 823. The molecule has 2 rings (SSSR count). The minimum Gasteiger partial charge on any atom is -0.454 e. The van der Waals surface area contributed by atoms with Gasteiger partial charge in [-0.05, 0) is 37.6 Å². The summed E-state index contributed by atoms with van der Waals surface area (Å²) in [6, 6.07) is 8.95. The molecule has 0 aliphatic carbocycles. The van der Waals surface area contributed by atoms with Crippen LogP contribution in [0.25, 0.3) is 6.08 Å². The Morgan fingerprint density at radius 1 is 1.23 bits per heavy atom. The first kappa shape index (κ1) is 19.9. The predicted octanol–water partition coefficient (Wildman–Crippen LogP) is 3.84. The van der Waals surface area contributed by atoms with E-state index in [0.29, 0.717) is 29.3 Å². The van der Waals surface area contributed by atoms with Crippen LogP contribution in [0.3, 0.4) is 0 Å². The summed E-state index contributed by atoms with van der Waals surface area (Å²) in [5.41, 5.74) is 3.07. The zero-order valence-electron chi connectivity index (χ0n) is 15.1. The van der Waals surface area contributed by atoms with Crippen LogP contribution < -0.4 is 0 Å². The highest BCUT2D eigenvalue weighted by Crippen LogP contribution is 2.17. The number of benzene rings is 1. The molecule has 138 valence electrons. The Morgan fingerprint density at radius 2 is 1.96 bits per heavy atom. The number of carbonyl (C=O) groups is 2. The van der Waals surface area contributed by atoms with E-state index in [1.807, 2.05) is 24.5 Å². The molecular formula is C20H22ClNO4. The average molecular weight is 376 g/mol. The summed E-state index contributed by atoms with van der Waals surface area (Å²) in [4.78, 5) is 24.2. The molecule has 0 bridgehead atoms. The van der Waals surface area contributed by atoms with Gasteiger partial charge >= 0.3 is 5.97 Å². The summed E-state index contributed by atoms with van der Waals surface area (Å²) in [6.45, 7) is 4.72. The standard InChI is InChI=1S/C20H22ClNO4/c1-14-12-17(15(2)22(14)10-11-25-3)19(23)13-26-20(24)9-8-16-6-4-5-7-18(16)21/h4-9,12H,10-11,13H2,1-3H3/b9-8+. The molecule has 0 radical (unpaired) electrons. The van der Waals surface area contributed by atoms with E-state index < -0.39 is 5.97 Å². The predicted molar refractivity (Wildman–Crippen MR) is 102 cm³/mol. The highest BCUT2D eigenvalue weighted by atomic mass is 35.5. The van der Waals surface area contributed by atoms with Crippen molar-refractivity contribution in [3.05, 3.63) is 63.9 Å². The molecule has 0 fully saturated rings. The summed E-state index contributed by atoms with van der Waals surface area (Å²) in [5.74, 6) is -0.826. The lowest BCUT2D eigenvalue weighted by Crippen LogP contribution is -2.14. The minimum atomic E-state index is -0.591. The molecule has 1 heterocycles. The summed E-state index contributed by atoms with van der Waals surface area (Å²) >= 11 is 6.02. The Morgan fingerprint density at radius 3 is 2.65 bits per heavy atom.